The summed E-state index contributed by atoms with van der Waals surface area (Å²) in [6.07, 6.45) is -11.8. The number of ketones is 1. The third-order valence-corrected chi connectivity index (χ3v) is 13.4. The number of carbonyl (C=O) groups is 6. The molecular weight excluding hydrogens is 838 g/mol. The Kier molecular flexibility index (Phi) is 11.9. The number of esters is 4. The average molecular weight is 894 g/mol. The molecular formula is C46H55NO17. The molecule has 1 saturated heterocycles. The Labute approximate surface area is 369 Å². The number of Topliss-reactive ketones (excluding diaryl/α,β-unsaturated/α-hetero) is 1. The van der Waals surface area contributed by atoms with E-state index >= 15 is 4.79 Å². The molecule has 7 rings (SSSR count). The second-order valence-electron chi connectivity index (χ2n) is 18.9. The van der Waals surface area contributed by atoms with Crippen LogP contribution in [0.5, 0.6) is 11.5 Å². The number of carbonyl (C=O) groups excluding carboxylic acids is 6. The summed E-state index contributed by atoms with van der Waals surface area (Å²) in [5.41, 5.74) is -8.62. The van der Waals surface area contributed by atoms with E-state index in [4.69, 9.17) is 37.9 Å². The van der Waals surface area contributed by atoms with Crippen molar-refractivity contribution < 1.29 is 82.0 Å². The van der Waals surface area contributed by atoms with Gasteiger partial charge in [-0.15, -0.1) is 0 Å². The molecule has 18 heteroatoms. The van der Waals surface area contributed by atoms with E-state index in [0.717, 1.165) is 13.8 Å². The minimum absolute atomic E-state index is 0.0332. The van der Waals surface area contributed by atoms with Gasteiger partial charge in [0.2, 0.25) is 6.79 Å². The molecule has 2 aliphatic heterocycles. The van der Waals surface area contributed by atoms with Crippen LogP contribution in [-0.2, 0) is 47.6 Å². The lowest BCUT2D eigenvalue weighted by Gasteiger charge is -2.67. The molecule has 346 valence electrons. The lowest BCUT2D eigenvalue weighted by atomic mass is 9.44. The van der Waals surface area contributed by atoms with Crippen molar-refractivity contribution in [2.75, 3.05) is 13.4 Å². The Bertz CT molecular complexity index is 2270. The topological polar surface area (TPSA) is 249 Å². The van der Waals surface area contributed by atoms with Crippen LogP contribution in [0.1, 0.15) is 97.1 Å². The summed E-state index contributed by atoms with van der Waals surface area (Å²) < 4.78 is 46.6. The van der Waals surface area contributed by atoms with Gasteiger partial charge in [-0.1, -0.05) is 38.1 Å². The van der Waals surface area contributed by atoms with Crippen molar-refractivity contribution in [1.29, 1.82) is 0 Å². The Hall–Kier alpha value is -5.56. The molecule has 0 unspecified atom stereocenters. The maximum Gasteiger partial charge on any atom is 0.408 e. The third kappa shape index (κ3) is 7.77. The van der Waals surface area contributed by atoms with Crippen molar-refractivity contribution in [2.45, 2.75) is 135 Å². The molecule has 5 aliphatic rings. The zero-order chi connectivity index (χ0) is 46.9. The standard InChI is InChI=1S/C46H55NO17/c1-22-29(61-40(54)34(51)33(47-41(55)64-42(4,5)6)26-15-16-27-28(17-26)59-21-58-27)19-46(56)38(62-39(53)25-13-11-10-12-14-25)36-44(9,30(50)18-31-45(36,20-57-31)63-24(3)49)37(52)35(60-23(2)48)32(22)43(46,7)8/h10-17,29-31,33-36,38,50-51,56H,18-21H2,1-9H3,(H,47,55)/t29-,30-,31+,33-,34+,35+,36-,38-,44+,45-,46+/m0/s1. The lowest BCUT2D eigenvalue weighted by molar-refractivity contribution is -0.346. The van der Waals surface area contributed by atoms with E-state index in [1.54, 1.807) is 52.8 Å². The first-order chi connectivity index (χ1) is 29.9. The second-order valence-corrected chi connectivity index (χ2v) is 18.9. The maximum absolute atomic E-state index is 15.5. The van der Waals surface area contributed by atoms with Crippen LogP contribution in [-0.4, -0.2) is 118 Å². The van der Waals surface area contributed by atoms with Crippen LogP contribution in [0.4, 0.5) is 4.79 Å². The van der Waals surface area contributed by atoms with Gasteiger partial charge in [0, 0.05) is 32.1 Å². The predicted molar refractivity (Wildman–Crippen MR) is 219 cm³/mol. The Morgan fingerprint density at radius 2 is 1.59 bits per heavy atom. The lowest BCUT2D eigenvalue weighted by Crippen LogP contribution is -2.82. The van der Waals surface area contributed by atoms with Crippen molar-refractivity contribution in [1.82, 2.24) is 5.32 Å². The first-order valence-electron chi connectivity index (χ1n) is 21.0. The van der Waals surface area contributed by atoms with Crippen molar-refractivity contribution in [3.63, 3.8) is 0 Å². The number of benzene rings is 2. The molecule has 1 amide bonds. The Morgan fingerprint density at radius 1 is 0.922 bits per heavy atom. The molecule has 0 spiro atoms. The highest BCUT2D eigenvalue weighted by molar-refractivity contribution is 5.95. The number of nitrogens with one attached hydrogen (secondary N) is 1. The van der Waals surface area contributed by atoms with E-state index in [-0.39, 0.29) is 47.8 Å². The first kappa shape index (κ1) is 46.4. The molecule has 4 N–H and O–H groups in total. The van der Waals surface area contributed by atoms with E-state index in [9.17, 15) is 39.3 Å². The summed E-state index contributed by atoms with van der Waals surface area (Å²) in [4.78, 5) is 83.4. The van der Waals surface area contributed by atoms with Crippen LogP contribution in [0.25, 0.3) is 0 Å². The molecule has 64 heavy (non-hydrogen) atoms. The zero-order valence-corrected chi connectivity index (χ0v) is 37.1. The number of hydrogen-bond donors (Lipinski definition) is 4. The van der Waals surface area contributed by atoms with Crippen molar-refractivity contribution >= 4 is 35.8 Å². The second kappa shape index (κ2) is 16.5. The fraction of sp³-hybridized carbons (Fsp3) is 0.565. The van der Waals surface area contributed by atoms with Crippen molar-refractivity contribution in [3.05, 3.63) is 70.8 Å². The minimum Gasteiger partial charge on any atom is -0.456 e. The van der Waals surface area contributed by atoms with Gasteiger partial charge in [-0.3, -0.25) is 14.4 Å². The van der Waals surface area contributed by atoms with Crippen LogP contribution in [0.3, 0.4) is 0 Å². The molecule has 2 saturated carbocycles. The molecule has 2 aromatic rings. The molecule has 3 fully saturated rings. The van der Waals surface area contributed by atoms with Crippen LogP contribution >= 0.6 is 0 Å². The smallest absolute Gasteiger partial charge is 0.408 e. The number of rotatable bonds is 9. The number of fused-ring (bicyclic) bond motifs is 6. The summed E-state index contributed by atoms with van der Waals surface area (Å²) in [7, 11) is 0. The quantitative estimate of drug-likeness (QED) is 0.160. The Balaban J connectivity index is 1.38. The number of aliphatic hydroxyl groups is 3. The molecule has 11 atom stereocenters. The van der Waals surface area contributed by atoms with Gasteiger partial charge in [-0.25, -0.2) is 14.4 Å². The molecule has 2 bridgehead atoms. The summed E-state index contributed by atoms with van der Waals surface area (Å²) >= 11 is 0. The first-order valence-corrected chi connectivity index (χ1v) is 21.0. The molecule has 0 radical (unpaired) electrons. The van der Waals surface area contributed by atoms with Crippen LogP contribution in [0.15, 0.2) is 59.7 Å². The normalized spacial score (nSPS) is 32.2. The number of alkyl carbamates (subject to hydrolysis) is 1. The molecule has 3 aliphatic carbocycles. The van der Waals surface area contributed by atoms with Gasteiger partial charge in [0.25, 0.3) is 0 Å². The van der Waals surface area contributed by atoms with Gasteiger partial charge in [-0.2, -0.15) is 0 Å². The largest absolute Gasteiger partial charge is 0.456 e. The van der Waals surface area contributed by atoms with Crippen molar-refractivity contribution in [2.24, 2.45) is 16.7 Å². The molecule has 0 aromatic heterocycles. The van der Waals surface area contributed by atoms with Gasteiger partial charge >= 0.3 is 30.0 Å². The van der Waals surface area contributed by atoms with Crippen LogP contribution in [0, 0.1) is 16.7 Å². The Morgan fingerprint density at radius 3 is 2.20 bits per heavy atom. The zero-order valence-electron chi connectivity index (χ0n) is 37.1. The highest BCUT2D eigenvalue weighted by Gasteiger charge is 2.78. The van der Waals surface area contributed by atoms with Crippen LogP contribution in [0.2, 0.25) is 0 Å². The number of ether oxygens (including phenoxy) is 8. The summed E-state index contributed by atoms with van der Waals surface area (Å²) in [5, 5.41) is 40.2. The average Bonchev–Trinajstić information content (AvgIpc) is 3.68. The number of amides is 1. The van der Waals surface area contributed by atoms with E-state index in [1.807, 2.05) is 0 Å². The fourth-order valence-electron chi connectivity index (χ4n) is 10.2. The van der Waals surface area contributed by atoms with Gasteiger partial charge in [0.1, 0.15) is 29.5 Å². The van der Waals surface area contributed by atoms with Crippen LogP contribution < -0.4 is 14.8 Å². The molecule has 2 aromatic carbocycles. The van der Waals surface area contributed by atoms with Gasteiger partial charge in [0.05, 0.1) is 35.6 Å². The molecule has 18 nitrogen and oxygen atoms in total. The van der Waals surface area contributed by atoms with E-state index in [2.05, 4.69) is 5.32 Å². The van der Waals surface area contributed by atoms with Gasteiger partial charge in [0.15, 0.2) is 35.1 Å². The SMILES string of the molecule is CC(=O)O[C@H]1C(=O)[C@@]2(C)[C@H]([C@H](OC(=O)c3ccccc3)[C@]3(O)C[C@H](OC(=O)[C@H](O)[C@@H](NC(=O)OC(C)(C)C)c4ccc5c(c4)OCO5)C(C)=C1C3(C)C)[C@]1(OC(C)=O)CO[C@@H]1C[C@@H]2O. The number of hydrogen-bond acceptors (Lipinski definition) is 17. The summed E-state index contributed by atoms with van der Waals surface area (Å²) in [6, 6.07) is 10.8. The monoisotopic (exact) mass is 893 g/mol. The summed E-state index contributed by atoms with van der Waals surface area (Å²) in [5.74, 6) is -5.77. The van der Waals surface area contributed by atoms with Gasteiger partial charge in [-0.05, 0) is 75.6 Å². The highest BCUT2D eigenvalue weighted by atomic mass is 16.7. The summed E-state index contributed by atoms with van der Waals surface area (Å²) in [6.45, 7) is 12.6. The minimum atomic E-state index is -2.43. The highest BCUT2D eigenvalue weighted by Crippen LogP contribution is 2.64. The maximum atomic E-state index is 15.5. The van der Waals surface area contributed by atoms with E-state index < -0.39 is 118 Å². The van der Waals surface area contributed by atoms with Gasteiger partial charge < -0.3 is 58.5 Å². The number of aliphatic hydroxyl groups excluding tert-OH is 2. The van der Waals surface area contributed by atoms with Crippen molar-refractivity contribution in [3.8, 4) is 11.5 Å². The predicted octanol–water partition coefficient (Wildman–Crippen LogP) is 3.56. The molecule has 2 heterocycles. The van der Waals surface area contributed by atoms with E-state index in [0.29, 0.717) is 5.75 Å². The van der Waals surface area contributed by atoms with E-state index in [1.165, 1.54) is 44.2 Å². The fourth-order valence-corrected chi connectivity index (χ4v) is 10.2. The third-order valence-electron chi connectivity index (χ3n) is 13.4.